The Hall–Kier alpha value is -1.40. The molecule has 2 aromatic heterocycles. The molecule has 2 bridgehead atoms. The lowest BCUT2D eigenvalue weighted by molar-refractivity contribution is 0.254. The molecule has 0 spiro atoms. The molecule has 0 radical (unpaired) electrons. The third-order valence-electron chi connectivity index (χ3n) is 4.96. The highest BCUT2D eigenvalue weighted by Crippen LogP contribution is 2.35. The third kappa shape index (κ3) is 2.17. The van der Waals surface area contributed by atoms with Crippen molar-refractivity contribution < 1.29 is 0 Å². The van der Waals surface area contributed by atoms with Crippen molar-refractivity contribution in [2.45, 2.75) is 38.3 Å². The van der Waals surface area contributed by atoms with E-state index in [0.29, 0.717) is 12.0 Å². The Labute approximate surface area is 128 Å². The summed E-state index contributed by atoms with van der Waals surface area (Å²) in [5.74, 6) is 1.42. The third-order valence-corrected chi connectivity index (χ3v) is 5.91. The van der Waals surface area contributed by atoms with Gasteiger partial charge in [-0.3, -0.25) is 4.90 Å². The summed E-state index contributed by atoms with van der Waals surface area (Å²) in [5, 5.41) is 1.16. The second-order valence-electron chi connectivity index (χ2n) is 6.27. The van der Waals surface area contributed by atoms with E-state index in [0.717, 1.165) is 35.2 Å². The molecule has 112 valence electrons. The van der Waals surface area contributed by atoms with Crippen LogP contribution in [0.25, 0.3) is 10.2 Å². The number of thiophene rings is 1. The van der Waals surface area contributed by atoms with Crippen LogP contribution in [0.15, 0.2) is 6.07 Å². The summed E-state index contributed by atoms with van der Waals surface area (Å²) in [6, 6.07) is 3.57. The summed E-state index contributed by atoms with van der Waals surface area (Å²) in [6.07, 6.45) is 3.85. The number of hydrogen-bond acceptors (Lipinski definition) is 6. The minimum atomic E-state index is 0.391. The van der Waals surface area contributed by atoms with Gasteiger partial charge in [-0.1, -0.05) is 0 Å². The number of hydrogen-bond donors (Lipinski definition) is 1. The number of aromatic nitrogens is 2. The quantitative estimate of drug-likeness (QED) is 0.875. The van der Waals surface area contributed by atoms with Crippen LogP contribution >= 0.6 is 11.3 Å². The van der Waals surface area contributed by atoms with Gasteiger partial charge in [0.25, 0.3) is 0 Å². The highest BCUT2D eigenvalue weighted by Gasteiger charge is 2.35. The molecule has 5 nitrogen and oxygen atoms in total. The highest BCUT2D eigenvalue weighted by molar-refractivity contribution is 7.18. The minimum absolute atomic E-state index is 0.391. The molecule has 6 heteroatoms. The lowest BCUT2D eigenvalue weighted by Crippen LogP contribution is -2.37. The van der Waals surface area contributed by atoms with Gasteiger partial charge in [0.15, 0.2) is 0 Å². The molecule has 2 unspecified atom stereocenters. The lowest BCUT2D eigenvalue weighted by Gasteiger charge is -2.27. The summed E-state index contributed by atoms with van der Waals surface area (Å²) in [6.45, 7) is 4.23. The number of nitrogens with two attached hydrogens (primary N) is 1. The van der Waals surface area contributed by atoms with Gasteiger partial charge in [0.05, 0.1) is 5.39 Å². The van der Waals surface area contributed by atoms with E-state index < -0.39 is 0 Å². The van der Waals surface area contributed by atoms with Gasteiger partial charge in [0.2, 0.25) is 5.95 Å². The molecular weight excluding hydrogens is 282 g/mol. The Bertz CT molecular complexity index is 682. The number of nitrogens with zero attached hydrogens (tertiary/aromatic N) is 4. The molecule has 0 aromatic carbocycles. The van der Waals surface area contributed by atoms with Gasteiger partial charge < -0.3 is 10.6 Å². The van der Waals surface area contributed by atoms with E-state index in [4.69, 9.17) is 5.73 Å². The van der Waals surface area contributed by atoms with Crippen molar-refractivity contribution in [3.8, 4) is 0 Å². The zero-order valence-corrected chi connectivity index (χ0v) is 13.4. The maximum Gasteiger partial charge on any atom is 0.223 e. The van der Waals surface area contributed by atoms with Crippen molar-refractivity contribution in [2.75, 3.05) is 30.8 Å². The monoisotopic (exact) mass is 303 g/mol. The molecule has 2 aliphatic heterocycles. The van der Waals surface area contributed by atoms with Gasteiger partial charge >= 0.3 is 0 Å². The molecule has 0 amide bonds. The first-order valence-electron chi connectivity index (χ1n) is 7.62. The van der Waals surface area contributed by atoms with Gasteiger partial charge in [-0.15, -0.1) is 11.3 Å². The smallest absolute Gasteiger partial charge is 0.223 e. The van der Waals surface area contributed by atoms with Gasteiger partial charge in [-0.05, 0) is 39.3 Å². The molecule has 2 N–H and O–H groups in total. The number of fused-ring (bicyclic) bond motifs is 3. The summed E-state index contributed by atoms with van der Waals surface area (Å²) >= 11 is 1.70. The van der Waals surface area contributed by atoms with Gasteiger partial charge in [-0.25, -0.2) is 4.98 Å². The van der Waals surface area contributed by atoms with E-state index in [1.165, 1.54) is 24.1 Å². The fourth-order valence-electron chi connectivity index (χ4n) is 3.79. The zero-order chi connectivity index (χ0) is 14.6. The fraction of sp³-hybridized carbons (Fsp3) is 0.600. The molecule has 4 heterocycles. The number of anilines is 2. The van der Waals surface area contributed by atoms with Gasteiger partial charge in [0.1, 0.15) is 10.6 Å². The summed E-state index contributed by atoms with van der Waals surface area (Å²) in [4.78, 5) is 16.2. The molecule has 2 aliphatic rings. The molecule has 2 saturated heterocycles. The normalized spacial score (nSPS) is 26.5. The van der Waals surface area contributed by atoms with Crippen molar-refractivity contribution in [1.82, 2.24) is 14.9 Å². The Morgan fingerprint density at radius 2 is 2.05 bits per heavy atom. The topological polar surface area (TPSA) is 58.3 Å². The molecule has 0 aliphatic carbocycles. The maximum absolute atomic E-state index is 5.93. The van der Waals surface area contributed by atoms with Crippen molar-refractivity contribution >= 4 is 33.3 Å². The van der Waals surface area contributed by atoms with Crippen LogP contribution in [0.5, 0.6) is 0 Å². The Morgan fingerprint density at radius 3 is 2.90 bits per heavy atom. The van der Waals surface area contributed by atoms with Gasteiger partial charge in [-0.2, -0.15) is 4.98 Å². The van der Waals surface area contributed by atoms with Crippen LogP contribution in [-0.2, 0) is 0 Å². The van der Waals surface area contributed by atoms with Crippen LogP contribution in [0.4, 0.5) is 11.8 Å². The number of rotatable bonds is 1. The highest BCUT2D eigenvalue weighted by atomic mass is 32.1. The van der Waals surface area contributed by atoms with Crippen LogP contribution in [0, 0.1) is 6.92 Å². The fourth-order valence-corrected chi connectivity index (χ4v) is 4.67. The standard InChI is InChI=1S/C15H21N5S/c1-9-7-12-13(17-15(16)18-14(12)21-9)20-6-5-10-3-4-11(8-20)19(10)2/h7,10-11H,3-6,8H2,1-2H3,(H2,16,17,18). The van der Waals surface area contributed by atoms with Gasteiger partial charge in [0, 0.05) is 30.1 Å². The Kier molecular flexibility index (Phi) is 3.04. The van der Waals surface area contributed by atoms with Crippen LogP contribution in [0.1, 0.15) is 24.1 Å². The van der Waals surface area contributed by atoms with Crippen LogP contribution in [0.3, 0.4) is 0 Å². The predicted molar refractivity (Wildman–Crippen MR) is 88.0 cm³/mol. The number of likely N-dealkylation sites (N-methyl/N-ethyl adjacent to an activating group) is 1. The summed E-state index contributed by atoms with van der Waals surface area (Å²) in [5.41, 5.74) is 5.93. The van der Waals surface area contributed by atoms with E-state index in [9.17, 15) is 0 Å². The molecule has 21 heavy (non-hydrogen) atoms. The van der Waals surface area contributed by atoms with Crippen LogP contribution in [0.2, 0.25) is 0 Å². The first kappa shape index (κ1) is 13.3. The van der Waals surface area contributed by atoms with Crippen LogP contribution < -0.4 is 10.6 Å². The maximum atomic E-state index is 5.93. The molecule has 0 saturated carbocycles. The SMILES string of the molecule is Cc1cc2c(N3CCC4CCC(C3)N4C)nc(N)nc2s1. The van der Waals surface area contributed by atoms with Crippen molar-refractivity contribution in [1.29, 1.82) is 0 Å². The average molecular weight is 303 g/mol. The molecule has 2 atom stereocenters. The Balaban J connectivity index is 1.76. The molecule has 2 aromatic rings. The molecule has 4 rings (SSSR count). The van der Waals surface area contributed by atoms with E-state index in [1.807, 2.05) is 0 Å². The Morgan fingerprint density at radius 1 is 1.24 bits per heavy atom. The lowest BCUT2D eigenvalue weighted by atomic mass is 10.1. The zero-order valence-electron chi connectivity index (χ0n) is 12.5. The van der Waals surface area contributed by atoms with Crippen molar-refractivity contribution in [3.63, 3.8) is 0 Å². The second-order valence-corrected chi connectivity index (χ2v) is 7.50. The summed E-state index contributed by atoms with van der Waals surface area (Å²) in [7, 11) is 2.27. The van der Waals surface area contributed by atoms with E-state index in [1.54, 1.807) is 11.3 Å². The summed E-state index contributed by atoms with van der Waals surface area (Å²) < 4.78 is 0. The largest absolute Gasteiger partial charge is 0.368 e. The minimum Gasteiger partial charge on any atom is -0.368 e. The van der Waals surface area contributed by atoms with E-state index >= 15 is 0 Å². The predicted octanol–water partition coefficient (Wildman–Crippen LogP) is 2.25. The number of aryl methyl sites for hydroxylation is 1. The average Bonchev–Trinajstić information content (AvgIpc) is 2.89. The van der Waals surface area contributed by atoms with Crippen molar-refractivity contribution in [3.05, 3.63) is 10.9 Å². The first-order chi connectivity index (χ1) is 10.1. The van der Waals surface area contributed by atoms with Crippen molar-refractivity contribution in [2.24, 2.45) is 0 Å². The van der Waals surface area contributed by atoms with Crippen LogP contribution in [-0.4, -0.2) is 47.1 Å². The van der Waals surface area contributed by atoms with E-state index in [2.05, 4.69) is 39.8 Å². The molecular formula is C15H21N5S. The van der Waals surface area contributed by atoms with E-state index in [-0.39, 0.29) is 0 Å². The second kappa shape index (κ2) is 4.81. The number of nitrogen functional groups attached to an aromatic ring is 1. The first-order valence-corrected chi connectivity index (χ1v) is 8.44. The molecule has 2 fully saturated rings.